The Hall–Kier alpha value is -3.79. The molecular weight excluding hydrogens is 1000 g/mol. The molecule has 1 aromatic heterocycles. The number of amides is 5. The summed E-state index contributed by atoms with van der Waals surface area (Å²) in [5.41, 5.74) is 0.266. The lowest BCUT2D eigenvalue weighted by molar-refractivity contribution is -0.124. The molecule has 1 saturated heterocycles. The molecule has 1 aromatic rings. The molecule has 1 unspecified atom stereocenters. The van der Waals surface area contributed by atoms with Gasteiger partial charge in [0.25, 0.3) is 5.91 Å². The van der Waals surface area contributed by atoms with E-state index in [1.807, 2.05) is 34.6 Å². The highest BCUT2D eigenvalue weighted by molar-refractivity contribution is 7.91. The number of nitrogens with one attached hydrogen (secondary N) is 6. The van der Waals surface area contributed by atoms with E-state index in [9.17, 15) is 57.6 Å². The zero-order valence-corrected chi connectivity index (χ0v) is 48.5. The van der Waals surface area contributed by atoms with Gasteiger partial charge >= 0.3 is 0 Å². The Kier molecular flexibility index (Phi) is 36.4. The van der Waals surface area contributed by atoms with Crippen LogP contribution in [-0.4, -0.2) is 170 Å². The molecule has 0 radical (unpaired) electrons. The van der Waals surface area contributed by atoms with E-state index in [1.165, 1.54) is 28.5 Å². The maximum Gasteiger partial charge on any atom is 0.273 e. The molecule has 0 saturated carbocycles. The zero-order valence-electron chi connectivity index (χ0n) is 45.2. The second-order valence-electron chi connectivity index (χ2n) is 18.5. The van der Waals surface area contributed by atoms with Gasteiger partial charge < -0.3 is 26.6 Å². The summed E-state index contributed by atoms with van der Waals surface area (Å²) in [7, 11) is -10.3. The molecule has 1 atom stereocenters. The third-order valence-electron chi connectivity index (χ3n) is 10.1. The number of sulfone groups is 2. The van der Waals surface area contributed by atoms with Crippen molar-refractivity contribution >= 4 is 69.3 Å². The molecule has 0 aromatic carbocycles. The maximum absolute atomic E-state index is 11.3. The van der Waals surface area contributed by atoms with E-state index in [1.54, 1.807) is 61.6 Å². The van der Waals surface area contributed by atoms with Crippen molar-refractivity contribution < 1.29 is 57.6 Å². The van der Waals surface area contributed by atoms with Crippen LogP contribution in [0.3, 0.4) is 0 Å². The summed E-state index contributed by atoms with van der Waals surface area (Å²) in [6.45, 7) is 27.3. The predicted molar refractivity (Wildman–Crippen MR) is 280 cm³/mol. The lowest BCUT2D eigenvalue weighted by Crippen LogP contribution is -2.50. The minimum Gasteiger partial charge on any atom is -0.356 e. The third-order valence-corrected chi connectivity index (χ3v) is 16.7. The van der Waals surface area contributed by atoms with Crippen LogP contribution in [-0.2, 0) is 65.4 Å². The van der Waals surface area contributed by atoms with Crippen LogP contribution >= 0.6 is 0 Å². The summed E-state index contributed by atoms with van der Waals surface area (Å²) in [6.07, 6.45) is 6.63. The number of carbonyl (C=O) groups is 5. The van der Waals surface area contributed by atoms with Gasteiger partial charge in [-0.15, -0.1) is 5.10 Å². The van der Waals surface area contributed by atoms with E-state index in [-0.39, 0.29) is 75.7 Å². The number of rotatable bonds is 25. The third kappa shape index (κ3) is 35.9. The van der Waals surface area contributed by atoms with Crippen LogP contribution in [0.5, 0.6) is 0 Å². The van der Waals surface area contributed by atoms with Gasteiger partial charge in [0.1, 0.15) is 19.7 Å². The van der Waals surface area contributed by atoms with Gasteiger partial charge in [-0.1, -0.05) is 74.5 Å². The summed E-state index contributed by atoms with van der Waals surface area (Å²) in [4.78, 5) is 55.9. The van der Waals surface area contributed by atoms with Crippen LogP contribution in [0.4, 0.5) is 0 Å². The predicted octanol–water partition coefficient (Wildman–Crippen LogP) is 1.34. The number of aromatic nitrogens is 3. The van der Waals surface area contributed by atoms with Gasteiger partial charge in [0, 0.05) is 88.5 Å². The van der Waals surface area contributed by atoms with Crippen molar-refractivity contribution in [1.82, 2.24) is 50.6 Å². The van der Waals surface area contributed by atoms with Crippen LogP contribution < -0.4 is 31.3 Å². The molecule has 2 heterocycles. The van der Waals surface area contributed by atoms with Crippen LogP contribution in [0.2, 0.25) is 0 Å². The van der Waals surface area contributed by atoms with E-state index in [4.69, 9.17) is 0 Å². The smallest absolute Gasteiger partial charge is 0.273 e. The molecule has 418 valence electrons. The van der Waals surface area contributed by atoms with Crippen LogP contribution in [0, 0.1) is 29.6 Å². The molecule has 1 fully saturated rings. The molecule has 2 rings (SSSR count). The Morgan fingerprint density at radius 1 is 0.662 bits per heavy atom. The lowest BCUT2D eigenvalue weighted by atomic mass is 9.99. The largest absolute Gasteiger partial charge is 0.356 e. The number of carbonyl (C=O) groups excluding carboxylic acids is 5. The molecule has 1 aliphatic rings. The normalized spacial score (nSPS) is 13.5. The summed E-state index contributed by atoms with van der Waals surface area (Å²) >= 11 is 0. The first-order chi connectivity index (χ1) is 32.5. The maximum atomic E-state index is 11.3. The molecule has 1 aliphatic heterocycles. The second-order valence-corrected chi connectivity index (χ2v) is 27.7. The lowest BCUT2D eigenvalue weighted by Gasteiger charge is -2.37. The first kappa shape index (κ1) is 71.5. The molecule has 71 heavy (non-hydrogen) atoms. The van der Waals surface area contributed by atoms with E-state index >= 15 is 0 Å². The number of nitrogens with zero attached hydrogens (tertiary/aromatic N) is 4. The summed E-state index contributed by atoms with van der Waals surface area (Å²) < 4.78 is 93.8. The minimum absolute atomic E-state index is 0.00311. The standard InChI is InChI=1S/C10H17N5O2.C10H20N2O3S.2C9H19NO3S.C6H15NO2S/c1-7(2)9(16)12-4-5-15-6-8(13-14-15)10(17)11-3;1-8(2)10(13)11-5-4-9-6-12(7-9)16(3,14)15;1-7(2)9(11)10-6-5-8(3)14(4,12)13;1-4-14(12,13)7-5-6-10-9(11)8(2)3;1-4-5-7-10(8,9)6(2)3/h6-7H,4-5H2,1-3H3,(H,11,17)(H,12,16);8-9H,4-7H2,1-3H3,(H,11,13);7-8H,5-6H2,1-4H3,(H,10,11);8H,4-7H2,1-3H3,(H,10,11);6-7H,4-5H2,1-3H3. The van der Waals surface area contributed by atoms with E-state index < -0.39 is 45.0 Å². The number of hydrogen-bond donors (Lipinski definition) is 6. The van der Waals surface area contributed by atoms with Crippen molar-refractivity contribution in [3.05, 3.63) is 11.9 Å². The van der Waals surface area contributed by atoms with Crippen molar-refractivity contribution in [1.29, 1.82) is 0 Å². The van der Waals surface area contributed by atoms with Gasteiger partial charge in [-0.05, 0) is 52.4 Å². The van der Waals surface area contributed by atoms with Crippen molar-refractivity contribution in [3.63, 3.8) is 0 Å². The average Bonchev–Trinajstić information content (AvgIpc) is 3.73. The topological polar surface area (TPSA) is 328 Å². The first-order valence-corrected chi connectivity index (χ1v) is 31.2. The Labute approximate surface area is 426 Å². The Morgan fingerprint density at radius 3 is 1.51 bits per heavy atom. The summed E-state index contributed by atoms with van der Waals surface area (Å²) in [5.74, 6) is 0.306. The highest BCUT2D eigenvalue weighted by Crippen LogP contribution is 2.21. The summed E-state index contributed by atoms with van der Waals surface area (Å²) in [6, 6.07) is 0. The fourth-order valence-electron chi connectivity index (χ4n) is 4.80. The molecule has 0 spiro atoms. The fraction of sp³-hybridized carbons (Fsp3) is 0.841. The average molecular weight is 1100 g/mol. The van der Waals surface area contributed by atoms with Crippen LogP contribution in [0.25, 0.3) is 0 Å². The van der Waals surface area contributed by atoms with Crippen molar-refractivity contribution in [3.8, 4) is 0 Å². The Morgan fingerprint density at radius 2 is 1.11 bits per heavy atom. The van der Waals surface area contributed by atoms with Gasteiger partial charge in [0.2, 0.25) is 43.7 Å². The number of hydrogen-bond acceptors (Lipinski definition) is 15. The molecule has 5 amide bonds. The van der Waals surface area contributed by atoms with Crippen molar-refractivity contribution in [2.45, 2.75) is 133 Å². The van der Waals surface area contributed by atoms with E-state index in [0.29, 0.717) is 71.1 Å². The van der Waals surface area contributed by atoms with E-state index in [0.717, 1.165) is 12.8 Å². The minimum atomic E-state index is -3.01. The highest BCUT2D eigenvalue weighted by Gasteiger charge is 2.32. The van der Waals surface area contributed by atoms with Crippen molar-refractivity contribution in [2.75, 3.05) is 76.9 Å². The van der Waals surface area contributed by atoms with Crippen LogP contribution in [0.15, 0.2) is 6.20 Å². The van der Waals surface area contributed by atoms with Gasteiger partial charge in [0.15, 0.2) is 5.69 Å². The molecule has 0 bridgehead atoms. The quantitative estimate of drug-likeness (QED) is 0.0753. The monoisotopic (exact) mass is 1090 g/mol. The highest BCUT2D eigenvalue weighted by atomic mass is 32.2. The van der Waals surface area contributed by atoms with Crippen molar-refractivity contribution in [2.24, 2.45) is 29.6 Å². The summed E-state index contributed by atoms with van der Waals surface area (Å²) in [5, 5.41) is 20.2. The molecule has 27 heteroatoms. The fourth-order valence-corrected chi connectivity index (χ4v) is 8.00. The Balaban J connectivity index is -0.000000822. The van der Waals surface area contributed by atoms with E-state index in [2.05, 4.69) is 41.6 Å². The van der Waals surface area contributed by atoms with Gasteiger partial charge in [0.05, 0.1) is 35.3 Å². The second kappa shape index (κ2) is 36.2. The molecule has 0 aliphatic carbocycles. The van der Waals surface area contributed by atoms with Gasteiger partial charge in [-0.2, -0.15) is 0 Å². The van der Waals surface area contributed by atoms with Gasteiger partial charge in [-0.25, -0.2) is 47.4 Å². The van der Waals surface area contributed by atoms with Crippen LogP contribution in [0.1, 0.15) is 126 Å². The molecular formula is C44H90N10O13S4. The van der Waals surface area contributed by atoms with Gasteiger partial charge in [-0.3, -0.25) is 24.0 Å². The SMILES string of the molecule is CC(C)C(=O)NCCC(C)S(C)(=O)=O.CC(C)C(=O)NCCC1CN(S(C)(=O)=O)C1.CCCNS(=O)(=O)C(C)C.CCS(=O)(=O)CCCNC(=O)C(C)C.CNC(=O)c1cn(CCNC(=O)C(C)C)nn1. The zero-order chi connectivity index (χ0) is 55.9. The Bertz CT molecular complexity index is 2160. The number of sulfonamides is 2. The molecule has 23 nitrogen and oxygen atoms in total. The first-order valence-electron chi connectivity index (χ1n) is 24.0. The molecule has 6 N–H and O–H groups in total.